The SMILES string of the molecule is CC(=O)O[C@H]1CC[C@]2(C)[C@@H]3CC[C@]4(C)[C@@H](OC(C)=O)CC[C@H]4[C@H]3CC[C@H]2O1. The van der Waals surface area contributed by atoms with E-state index in [1.165, 1.54) is 33.1 Å². The molecule has 4 aliphatic rings. The Kier molecular flexibility index (Phi) is 4.81. The molecule has 0 bridgehead atoms. The highest BCUT2D eigenvalue weighted by molar-refractivity contribution is 5.66. The fourth-order valence-electron chi connectivity index (χ4n) is 7.29. The van der Waals surface area contributed by atoms with Crippen LogP contribution < -0.4 is 0 Å². The highest BCUT2D eigenvalue weighted by Gasteiger charge is 2.61. The van der Waals surface area contributed by atoms with E-state index >= 15 is 0 Å². The molecule has 5 heteroatoms. The van der Waals surface area contributed by atoms with Crippen LogP contribution in [0.1, 0.15) is 79.1 Å². The molecule has 0 spiro atoms. The molecule has 0 amide bonds. The highest BCUT2D eigenvalue weighted by atomic mass is 16.7. The lowest BCUT2D eigenvalue weighted by Gasteiger charge is -2.60. The van der Waals surface area contributed by atoms with E-state index in [1.54, 1.807) is 0 Å². The summed E-state index contributed by atoms with van der Waals surface area (Å²) < 4.78 is 17.3. The summed E-state index contributed by atoms with van der Waals surface area (Å²) in [7, 11) is 0. The molecule has 0 aromatic rings. The first-order valence-electron chi connectivity index (χ1n) is 10.7. The minimum Gasteiger partial charge on any atom is -0.462 e. The van der Waals surface area contributed by atoms with Gasteiger partial charge in [0.15, 0.2) is 0 Å². The maximum absolute atomic E-state index is 11.6. The second kappa shape index (κ2) is 6.75. The molecule has 3 aliphatic carbocycles. The van der Waals surface area contributed by atoms with Gasteiger partial charge in [-0.3, -0.25) is 9.59 Å². The Morgan fingerprint density at radius 2 is 1.48 bits per heavy atom. The summed E-state index contributed by atoms with van der Waals surface area (Å²) >= 11 is 0. The van der Waals surface area contributed by atoms with Gasteiger partial charge >= 0.3 is 11.9 Å². The summed E-state index contributed by atoms with van der Waals surface area (Å²) in [5, 5.41) is 0. The van der Waals surface area contributed by atoms with Gasteiger partial charge in [0.25, 0.3) is 0 Å². The monoisotopic (exact) mass is 378 g/mol. The summed E-state index contributed by atoms with van der Waals surface area (Å²) in [6, 6.07) is 0. The van der Waals surface area contributed by atoms with Crippen LogP contribution in [0.5, 0.6) is 0 Å². The van der Waals surface area contributed by atoms with Crippen LogP contribution in [-0.4, -0.2) is 30.4 Å². The molecular weight excluding hydrogens is 344 g/mol. The van der Waals surface area contributed by atoms with E-state index in [1.807, 2.05) is 0 Å². The normalized spacial score (nSPS) is 48.7. The van der Waals surface area contributed by atoms with E-state index in [0.29, 0.717) is 17.8 Å². The van der Waals surface area contributed by atoms with Crippen LogP contribution in [0.4, 0.5) is 0 Å². The first-order chi connectivity index (χ1) is 12.7. The van der Waals surface area contributed by atoms with Crippen molar-refractivity contribution in [1.82, 2.24) is 0 Å². The molecule has 27 heavy (non-hydrogen) atoms. The van der Waals surface area contributed by atoms with Crippen LogP contribution in [0, 0.1) is 28.6 Å². The van der Waals surface area contributed by atoms with E-state index in [2.05, 4.69) is 13.8 Å². The first-order valence-corrected chi connectivity index (χ1v) is 10.7. The number of esters is 2. The third-order valence-electron chi connectivity index (χ3n) is 8.54. The van der Waals surface area contributed by atoms with Gasteiger partial charge < -0.3 is 14.2 Å². The number of fused-ring (bicyclic) bond motifs is 5. The van der Waals surface area contributed by atoms with Gasteiger partial charge in [0, 0.05) is 25.7 Å². The fraction of sp³-hybridized carbons (Fsp3) is 0.909. The van der Waals surface area contributed by atoms with Gasteiger partial charge in [0.2, 0.25) is 6.29 Å². The molecular formula is C22H34O5. The number of rotatable bonds is 2. The van der Waals surface area contributed by atoms with E-state index in [0.717, 1.165) is 32.1 Å². The molecule has 0 N–H and O–H groups in total. The first kappa shape index (κ1) is 19.2. The molecule has 0 unspecified atom stereocenters. The van der Waals surface area contributed by atoms with Crippen molar-refractivity contribution in [1.29, 1.82) is 0 Å². The topological polar surface area (TPSA) is 61.8 Å². The zero-order valence-corrected chi connectivity index (χ0v) is 17.2. The number of carbonyl (C=O) groups excluding carboxylic acids is 2. The van der Waals surface area contributed by atoms with E-state index in [-0.39, 0.29) is 41.3 Å². The number of hydrogen-bond acceptors (Lipinski definition) is 5. The molecule has 4 rings (SSSR count). The molecule has 3 saturated carbocycles. The second-order valence-electron chi connectivity index (χ2n) is 9.88. The van der Waals surface area contributed by atoms with Crippen molar-refractivity contribution in [3.8, 4) is 0 Å². The zero-order chi connectivity index (χ0) is 19.4. The van der Waals surface area contributed by atoms with Crippen molar-refractivity contribution < 1.29 is 23.8 Å². The van der Waals surface area contributed by atoms with Crippen molar-refractivity contribution in [2.75, 3.05) is 0 Å². The maximum Gasteiger partial charge on any atom is 0.304 e. The summed E-state index contributed by atoms with van der Waals surface area (Å²) in [6.45, 7) is 7.75. The van der Waals surface area contributed by atoms with Crippen molar-refractivity contribution in [3.63, 3.8) is 0 Å². The largest absolute Gasteiger partial charge is 0.462 e. The second-order valence-corrected chi connectivity index (χ2v) is 9.88. The van der Waals surface area contributed by atoms with Gasteiger partial charge in [-0.15, -0.1) is 0 Å². The predicted octanol–water partition coefficient (Wildman–Crippen LogP) is 4.23. The Bertz CT molecular complexity index is 618. The molecule has 1 heterocycles. The van der Waals surface area contributed by atoms with Crippen LogP contribution in [0.15, 0.2) is 0 Å². The van der Waals surface area contributed by atoms with Gasteiger partial charge in [-0.25, -0.2) is 0 Å². The highest BCUT2D eigenvalue weighted by Crippen LogP contribution is 2.65. The minimum absolute atomic E-state index is 0.0856. The summed E-state index contributed by atoms with van der Waals surface area (Å²) in [5.74, 6) is 1.60. The van der Waals surface area contributed by atoms with Gasteiger partial charge in [0.05, 0.1) is 6.10 Å². The maximum atomic E-state index is 11.6. The van der Waals surface area contributed by atoms with Gasteiger partial charge in [0.1, 0.15) is 6.10 Å². The van der Waals surface area contributed by atoms with Gasteiger partial charge in [-0.1, -0.05) is 13.8 Å². The third kappa shape index (κ3) is 3.10. The Hall–Kier alpha value is -1.10. The standard InChI is InChI=1S/C22H34O5/c1-13(23)25-18-8-6-16-15-5-7-19-22(4,17(15)9-11-21(16,18)3)12-10-20(27-19)26-14(2)24/h15-20H,5-12H2,1-4H3/t15-,16+,17-,18+,19-,20-,21+,22-/m1/s1. The Balaban J connectivity index is 1.51. The van der Waals surface area contributed by atoms with E-state index in [4.69, 9.17) is 14.2 Å². The van der Waals surface area contributed by atoms with Gasteiger partial charge in [-0.05, 0) is 68.1 Å². The van der Waals surface area contributed by atoms with E-state index in [9.17, 15) is 9.59 Å². The molecule has 0 aromatic heterocycles. The Labute approximate surface area is 162 Å². The summed E-state index contributed by atoms with van der Waals surface area (Å²) in [6.07, 6.45) is 8.48. The number of ether oxygens (including phenoxy) is 3. The van der Waals surface area contributed by atoms with Crippen LogP contribution in [0.2, 0.25) is 0 Å². The molecule has 0 radical (unpaired) electrons. The minimum atomic E-state index is -0.370. The Morgan fingerprint density at radius 3 is 2.19 bits per heavy atom. The average Bonchev–Trinajstić information content (AvgIpc) is 2.91. The van der Waals surface area contributed by atoms with Crippen molar-refractivity contribution in [2.24, 2.45) is 28.6 Å². The lowest BCUT2D eigenvalue weighted by atomic mass is 9.48. The smallest absolute Gasteiger partial charge is 0.304 e. The lowest BCUT2D eigenvalue weighted by molar-refractivity contribution is -0.257. The van der Waals surface area contributed by atoms with Gasteiger partial charge in [-0.2, -0.15) is 0 Å². The quantitative estimate of drug-likeness (QED) is 0.673. The molecule has 1 saturated heterocycles. The third-order valence-corrected chi connectivity index (χ3v) is 8.54. The van der Waals surface area contributed by atoms with E-state index < -0.39 is 0 Å². The molecule has 5 nitrogen and oxygen atoms in total. The molecule has 152 valence electrons. The lowest BCUT2D eigenvalue weighted by Crippen LogP contribution is -2.57. The molecule has 4 fully saturated rings. The number of hydrogen-bond donors (Lipinski definition) is 0. The van der Waals surface area contributed by atoms with Crippen LogP contribution >= 0.6 is 0 Å². The Morgan fingerprint density at radius 1 is 0.815 bits per heavy atom. The van der Waals surface area contributed by atoms with Crippen LogP contribution in [0.3, 0.4) is 0 Å². The molecule has 1 aliphatic heterocycles. The zero-order valence-electron chi connectivity index (χ0n) is 17.2. The van der Waals surface area contributed by atoms with Crippen molar-refractivity contribution >= 4 is 11.9 Å². The number of carbonyl (C=O) groups is 2. The van der Waals surface area contributed by atoms with Crippen molar-refractivity contribution in [3.05, 3.63) is 0 Å². The average molecular weight is 379 g/mol. The van der Waals surface area contributed by atoms with Crippen LogP contribution in [-0.2, 0) is 23.8 Å². The summed E-state index contributed by atoms with van der Waals surface area (Å²) in [5.41, 5.74) is 0.298. The predicted molar refractivity (Wildman–Crippen MR) is 99.6 cm³/mol. The molecule has 8 atom stereocenters. The molecule has 0 aromatic carbocycles. The van der Waals surface area contributed by atoms with Crippen molar-refractivity contribution in [2.45, 2.75) is 97.6 Å². The summed E-state index contributed by atoms with van der Waals surface area (Å²) in [4.78, 5) is 22.9. The van der Waals surface area contributed by atoms with Crippen LogP contribution in [0.25, 0.3) is 0 Å². The fourth-order valence-corrected chi connectivity index (χ4v) is 7.29.